The van der Waals surface area contributed by atoms with Crippen molar-refractivity contribution < 1.29 is 13.9 Å². The van der Waals surface area contributed by atoms with Crippen LogP contribution in [0.3, 0.4) is 0 Å². The Bertz CT molecular complexity index is 660. The summed E-state index contributed by atoms with van der Waals surface area (Å²) in [4.78, 5) is 26.5. The summed E-state index contributed by atoms with van der Waals surface area (Å²) < 4.78 is 10.5. The molecule has 2 aromatic heterocycles. The molecule has 8 heteroatoms. The monoisotopic (exact) mass is 317 g/mol. The first-order valence-corrected chi connectivity index (χ1v) is 7.43. The molecule has 0 spiro atoms. The van der Waals surface area contributed by atoms with Gasteiger partial charge in [0, 0.05) is 33.3 Å². The highest BCUT2D eigenvalue weighted by Gasteiger charge is 2.33. The second-order valence-electron chi connectivity index (χ2n) is 5.43. The van der Waals surface area contributed by atoms with Gasteiger partial charge in [0.1, 0.15) is 18.4 Å². The number of rotatable bonds is 5. The number of aromatic nitrogens is 3. The van der Waals surface area contributed by atoms with E-state index in [0.29, 0.717) is 12.4 Å². The maximum absolute atomic E-state index is 12.1. The Morgan fingerprint density at radius 2 is 2.43 bits per heavy atom. The molecule has 1 fully saturated rings. The van der Waals surface area contributed by atoms with Gasteiger partial charge in [0.25, 0.3) is 5.91 Å². The molecule has 0 bridgehead atoms. The summed E-state index contributed by atoms with van der Waals surface area (Å²) in [6.07, 6.45) is 5.51. The minimum Gasteiger partial charge on any atom is -0.448 e. The third-order valence-electron chi connectivity index (χ3n) is 3.92. The molecule has 0 aliphatic carbocycles. The summed E-state index contributed by atoms with van der Waals surface area (Å²) in [6.45, 7) is 2.92. The predicted molar refractivity (Wildman–Crippen MR) is 82.2 cm³/mol. The number of carbonyl (C=O) groups excluding carboxylic acids is 1. The van der Waals surface area contributed by atoms with Crippen molar-refractivity contribution in [2.24, 2.45) is 0 Å². The Hall–Kier alpha value is -2.48. The van der Waals surface area contributed by atoms with Crippen LogP contribution < -0.4 is 10.2 Å². The molecule has 0 saturated carbocycles. The molecule has 1 aliphatic rings. The molecule has 1 aliphatic heterocycles. The van der Waals surface area contributed by atoms with E-state index in [-0.39, 0.29) is 23.7 Å². The lowest BCUT2D eigenvalue weighted by Crippen LogP contribution is -2.40. The van der Waals surface area contributed by atoms with Gasteiger partial charge in [-0.05, 0) is 12.5 Å². The van der Waals surface area contributed by atoms with Crippen molar-refractivity contribution in [1.82, 2.24) is 20.3 Å². The number of anilines is 1. The van der Waals surface area contributed by atoms with Crippen LogP contribution in [-0.4, -0.2) is 53.2 Å². The summed E-state index contributed by atoms with van der Waals surface area (Å²) in [7, 11) is 1.70. The van der Waals surface area contributed by atoms with E-state index >= 15 is 0 Å². The van der Waals surface area contributed by atoms with Gasteiger partial charge in [-0.1, -0.05) is 0 Å². The molecule has 0 radical (unpaired) electrons. The summed E-state index contributed by atoms with van der Waals surface area (Å²) in [6, 6.07) is 1.96. The highest BCUT2D eigenvalue weighted by atomic mass is 16.5. The smallest absolute Gasteiger partial charge is 0.273 e. The fraction of sp³-hybridized carbons (Fsp3) is 0.467. The highest BCUT2D eigenvalue weighted by molar-refractivity contribution is 5.91. The van der Waals surface area contributed by atoms with E-state index in [1.54, 1.807) is 20.2 Å². The molecule has 2 atom stereocenters. The molecule has 1 amide bonds. The van der Waals surface area contributed by atoms with Gasteiger partial charge in [-0.25, -0.2) is 15.0 Å². The Morgan fingerprint density at radius 3 is 3.09 bits per heavy atom. The fourth-order valence-electron chi connectivity index (χ4n) is 2.74. The van der Waals surface area contributed by atoms with Crippen molar-refractivity contribution in [2.75, 3.05) is 25.1 Å². The van der Waals surface area contributed by atoms with Crippen LogP contribution >= 0.6 is 0 Å². The maximum atomic E-state index is 12.1. The number of oxazole rings is 1. The first-order valence-electron chi connectivity index (χ1n) is 7.43. The minimum absolute atomic E-state index is 0.104. The average molecular weight is 317 g/mol. The van der Waals surface area contributed by atoms with Crippen molar-refractivity contribution in [2.45, 2.75) is 25.5 Å². The number of nitrogens with zero attached hydrogens (tertiary/aromatic N) is 4. The van der Waals surface area contributed by atoms with Crippen LogP contribution in [0.5, 0.6) is 0 Å². The molecule has 122 valence electrons. The highest BCUT2D eigenvalue weighted by Crippen LogP contribution is 2.24. The van der Waals surface area contributed by atoms with Crippen LogP contribution in [0.15, 0.2) is 29.3 Å². The lowest BCUT2D eigenvalue weighted by Gasteiger charge is -2.25. The van der Waals surface area contributed by atoms with Gasteiger partial charge < -0.3 is 19.4 Å². The van der Waals surface area contributed by atoms with Crippen molar-refractivity contribution >= 4 is 11.7 Å². The molecule has 3 heterocycles. The molecule has 2 aromatic rings. The molecule has 23 heavy (non-hydrogen) atoms. The minimum atomic E-state index is -0.245. The fourth-order valence-corrected chi connectivity index (χ4v) is 2.74. The number of nitrogens with one attached hydrogen (secondary N) is 1. The summed E-state index contributed by atoms with van der Waals surface area (Å²) in [5, 5.41) is 2.90. The van der Waals surface area contributed by atoms with E-state index in [1.165, 1.54) is 12.6 Å². The van der Waals surface area contributed by atoms with Crippen LogP contribution in [0.25, 0.3) is 0 Å². The predicted octanol–water partition coefficient (Wildman–Crippen LogP) is 0.797. The zero-order valence-electron chi connectivity index (χ0n) is 13.1. The van der Waals surface area contributed by atoms with E-state index < -0.39 is 0 Å². The number of methoxy groups -OCH3 is 1. The number of hydrogen-bond donors (Lipinski definition) is 1. The van der Waals surface area contributed by atoms with E-state index in [1.807, 2.05) is 6.07 Å². The lowest BCUT2D eigenvalue weighted by atomic mass is 10.2. The van der Waals surface area contributed by atoms with Gasteiger partial charge in [-0.15, -0.1) is 0 Å². The third-order valence-corrected chi connectivity index (χ3v) is 3.92. The Labute approximate surface area is 133 Å². The van der Waals surface area contributed by atoms with Crippen molar-refractivity contribution in [1.29, 1.82) is 0 Å². The lowest BCUT2D eigenvalue weighted by molar-refractivity contribution is 0.0941. The summed E-state index contributed by atoms with van der Waals surface area (Å²) in [5.74, 6) is 1.06. The molecular weight excluding hydrogens is 298 g/mol. The Kier molecular flexibility index (Phi) is 4.52. The van der Waals surface area contributed by atoms with Gasteiger partial charge in [-0.2, -0.15) is 0 Å². The normalized spacial score (nSPS) is 20.7. The number of carbonyl (C=O) groups is 1. The second-order valence-corrected chi connectivity index (χ2v) is 5.43. The maximum Gasteiger partial charge on any atom is 0.273 e. The first-order chi connectivity index (χ1) is 11.2. The van der Waals surface area contributed by atoms with Crippen LogP contribution in [0.4, 0.5) is 5.82 Å². The summed E-state index contributed by atoms with van der Waals surface area (Å²) >= 11 is 0. The largest absolute Gasteiger partial charge is 0.448 e. The van der Waals surface area contributed by atoms with Crippen molar-refractivity contribution in [3.63, 3.8) is 0 Å². The quantitative estimate of drug-likeness (QED) is 0.871. The van der Waals surface area contributed by atoms with Crippen molar-refractivity contribution in [3.05, 3.63) is 36.4 Å². The molecule has 0 unspecified atom stereocenters. The molecule has 3 rings (SSSR count). The zero-order chi connectivity index (χ0) is 16.2. The van der Waals surface area contributed by atoms with Crippen LogP contribution in [0.1, 0.15) is 22.8 Å². The van der Waals surface area contributed by atoms with Crippen molar-refractivity contribution in [3.8, 4) is 0 Å². The van der Waals surface area contributed by atoms with Crippen LogP contribution in [-0.2, 0) is 4.74 Å². The topological polar surface area (TPSA) is 93.4 Å². The average Bonchev–Trinajstić information content (AvgIpc) is 3.19. The SMILES string of the molecule is CO[C@@H]1C[C@H](CNC(=O)c2coc(C)n2)N(c2ccncn2)C1. The number of hydrogen-bond acceptors (Lipinski definition) is 7. The third kappa shape index (κ3) is 3.48. The van der Waals surface area contributed by atoms with Gasteiger partial charge >= 0.3 is 0 Å². The van der Waals surface area contributed by atoms with Gasteiger partial charge in [0.05, 0.1) is 12.1 Å². The van der Waals surface area contributed by atoms with Crippen LogP contribution in [0.2, 0.25) is 0 Å². The van der Waals surface area contributed by atoms with Gasteiger partial charge in [-0.3, -0.25) is 4.79 Å². The van der Waals surface area contributed by atoms with E-state index in [4.69, 9.17) is 9.15 Å². The number of ether oxygens (including phenoxy) is 1. The van der Waals surface area contributed by atoms with Crippen LogP contribution in [0, 0.1) is 6.92 Å². The molecular formula is C15H19N5O3. The second kappa shape index (κ2) is 6.74. The first kappa shape index (κ1) is 15.4. The summed E-state index contributed by atoms with van der Waals surface area (Å²) in [5.41, 5.74) is 0.289. The number of aryl methyl sites for hydroxylation is 1. The standard InChI is InChI=1S/C15H19N5O3/c1-10-19-13(8-23-10)15(21)17-6-11-5-12(22-2)7-20(11)14-3-4-16-9-18-14/h3-4,8-9,11-12H,5-7H2,1-2H3,(H,17,21)/t11-,12-/m1/s1. The Balaban J connectivity index is 1.66. The molecule has 1 N–H and O–H groups in total. The molecule has 8 nitrogen and oxygen atoms in total. The zero-order valence-corrected chi connectivity index (χ0v) is 13.1. The Morgan fingerprint density at radius 1 is 1.57 bits per heavy atom. The molecule has 1 saturated heterocycles. The van der Waals surface area contributed by atoms with Gasteiger partial charge in [0.15, 0.2) is 11.6 Å². The van der Waals surface area contributed by atoms with Gasteiger partial charge in [0.2, 0.25) is 0 Å². The van der Waals surface area contributed by atoms with E-state index in [9.17, 15) is 4.79 Å². The molecule has 0 aromatic carbocycles. The van der Waals surface area contributed by atoms with E-state index in [2.05, 4.69) is 25.2 Å². The van der Waals surface area contributed by atoms with E-state index in [0.717, 1.165) is 18.8 Å². The number of amides is 1.